The Bertz CT molecular complexity index is 357. The molecule has 0 unspecified atom stereocenters. The summed E-state index contributed by atoms with van der Waals surface area (Å²) < 4.78 is 5.39. The number of benzene rings is 1. The molecule has 0 bridgehead atoms. The van der Waals surface area contributed by atoms with Gasteiger partial charge in [-0.25, -0.2) is 0 Å². The Kier molecular flexibility index (Phi) is 4.38. The lowest BCUT2D eigenvalue weighted by Crippen LogP contribution is -2.29. The molecule has 0 heterocycles. The summed E-state index contributed by atoms with van der Waals surface area (Å²) in [6.07, 6.45) is 0. The van der Waals surface area contributed by atoms with E-state index in [9.17, 15) is 9.90 Å². The number of aliphatic carboxylic acids is 1. The second kappa shape index (κ2) is 5.34. The molecule has 0 radical (unpaired) electrons. The number of carboxylic acids is 1. The van der Waals surface area contributed by atoms with Crippen LogP contribution in [0.4, 0.5) is 0 Å². The Morgan fingerprint density at radius 3 is 2.73 bits per heavy atom. The molecular formula is C9H7BrClO4-. The SMILES string of the molecule is O=C([O-])COc1c(Cl)cc(CO)cc1Br. The molecule has 0 aliphatic heterocycles. The van der Waals surface area contributed by atoms with E-state index in [2.05, 4.69) is 15.9 Å². The van der Waals surface area contributed by atoms with Crippen LogP contribution < -0.4 is 9.84 Å². The number of ether oxygens (including phenoxy) is 1. The molecule has 0 spiro atoms. The Morgan fingerprint density at radius 2 is 2.27 bits per heavy atom. The maximum absolute atomic E-state index is 10.2. The van der Waals surface area contributed by atoms with Crippen molar-refractivity contribution in [3.63, 3.8) is 0 Å². The molecule has 0 atom stereocenters. The lowest BCUT2D eigenvalue weighted by atomic mass is 10.2. The molecule has 0 aromatic heterocycles. The molecule has 1 aromatic carbocycles. The largest absolute Gasteiger partial charge is 0.546 e. The molecule has 6 heteroatoms. The third kappa shape index (κ3) is 3.37. The van der Waals surface area contributed by atoms with Crippen LogP contribution in [-0.2, 0) is 11.4 Å². The van der Waals surface area contributed by atoms with Crippen molar-refractivity contribution in [3.05, 3.63) is 27.2 Å². The summed E-state index contributed by atoms with van der Waals surface area (Å²) in [5.74, 6) is -1.11. The van der Waals surface area contributed by atoms with Gasteiger partial charge in [-0.3, -0.25) is 0 Å². The average molecular weight is 295 g/mol. The predicted octanol–water partition coefficient (Wildman–Crippen LogP) is 0.724. The Hall–Kier alpha value is -0.780. The van der Waals surface area contributed by atoms with Gasteiger partial charge in [0.05, 0.1) is 22.1 Å². The molecule has 15 heavy (non-hydrogen) atoms. The molecule has 0 amide bonds. The van der Waals surface area contributed by atoms with Gasteiger partial charge in [0.2, 0.25) is 0 Å². The van der Waals surface area contributed by atoms with Crippen molar-refractivity contribution < 1.29 is 19.7 Å². The summed E-state index contributed by atoms with van der Waals surface area (Å²) >= 11 is 8.97. The first-order valence-corrected chi connectivity index (χ1v) is 5.13. The fourth-order valence-electron chi connectivity index (χ4n) is 0.973. The van der Waals surface area contributed by atoms with E-state index < -0.39 is 12.6 Å². The quantitative estimate of drug-likeness (QED) is 0.888. The summed E-state index contributed by atoms with van der Waals surface area (Å²) in [7, 11) is 0. The van der Waals surface area contributed by atoms with Crippen molar-refractivity contribution in [2.45, 2.75) is 6.61 Å². The molecule has 82 valence electrons. The van der Waals surface area contributed by atoms with Crippen LogP contribution in [0.15, 0.2) is 16.6 Å². The zero-order valence-electron chi connectivity index (χ0n) is 7.50. The molecule has 1 N–H and O–H groups in total. The van der Waals surface area contributed by atoms with Gasteiger partial charge in [-0.05, 0) is 33.6 Å². The van der Waals surface area contributed by atoms with Gasteiger partial charge in [-0.1, -0.05) is 11.6 Å². The third-order valence-electron chi connectivity index (χ3n) is 1.58. The summed E-state index contributed by atoms with van der Waals surface area (Å²) in [6.45, 7) is -0.726. The van der Waals surface area contributed by atoms with Crippen molar-refractivity contribution in [3.8, 4) is 5.75 Å². The summed E-state index contributed by atoms with van der Waals surface area (Å²) in [6, 6.07) is 3.09. The molecular weight excluding hydrogens is 287 g/mol. The Balaban J connectivity index is 2.92. The first-order valence-electron chi connectivity index (χ1n) is 3.96. The molecule has 0 saturated carbocycles. The topological polar surface area (TPSA) is 69.6 Å². The number of aliphatic hydroxyl groups excluding tert-OH is 1. The zero-order chi connectivity index (χ0) is 11.4. The second-order valence-corrected chi connectivity index (χ2v) is 3.97. The monoisotopic (exact) mass is 293 g/mol. The Morgan fingerprint density at radius 1 is 1.60 bits per heavy atom. The minimum Gasteiger partial charge on any atom is -0.546 e. The number of rotatable bonds is 4. The minimum absolute atomic E-state index is 0.154. The van der Waals surface area contributed by atoms with Crippen molar-refractivity contribution in [2.75, 3.05) is 6.61 Å². The van der Waals surface area contributed by atoms with Gasteiger partial charge in [-0.2, -0.15) is 0 Å². The number of carbonyl (C=O) groups is 1. The van der Waals surface area contributed by atoms with Crippen LogP contribution >= 0.6 is 27.5 Å². The van der Waals surface area contributed by atoms with Crippen LogP contribution in [0.5, 0.6) is 5.75 Å². The predicted molar refractivity (Wildman–Crippen MR) is 55.6 cm³/mol. The van der Waals surface area contributed by atoms with Gasteiger partial charge in [0, 0.05) is 0 Å². The molecule has 4 nitrogen and oxygen atoms in total. The van der Waals surface area contributed by atoms with Gasteiger partial charge in [0.1, 0.15) is 6.61 Å². The van der Waals surface area contributed by atoms with Crippen molar-refractivity contribution in [1.29, 1.82) is 0 Å². The van der Waals surface area contributed by atoms with Crippen LogP contribution in [0.2, 0.25) is 5.02 Å². The molecule has 0 aliphatic rings. The van der Waals surface area contributed by atoms with E-state index in [-0.39, 0.29) is 17.4 Å². The second-order valence-electron chi connectivity index (χ2n) is 2.71. The zero-order valence-corrected chi connectivity index (χ0v) is 9.84. The summed E-state index contributed by atoms with van der Waals surface area (Å²) in [5.41, 5.74) is 0.604. The number of carboxylic acid groups (broad SMARTS) is 1. The first kappa shape index (κ1) is 12.3. The molecule has 0 aliphatic carbocycles. The highest BCUT2D eigenvalue weighted by molar-refractivity contribution is 9.10. The highest BCUT2D eigenvalue weighted by atomic mass is 79.9. The third-order valence-corrected chi connectivity index (χ3v) is 2.44. The van der Waals surface area contributed by atoms with Crippen LogP contribution in [0, 0.1) is 0 Å². The van der Waals surface area contributed by atoms with Gasteiger partial charge < -0.3 is 19.7 Å². The van der Waals surface area contributed by atoms with E-state index in [0.29, 0.717) is 10.0 Å². The van der Waals surface area contributed by atoms with E-state index in [1.54, 1.807) is 6.07 Å². The van der Waals surface area contributed by atoms with Crippen molar-refractivity contribution >= 4 is 33.5 Å². The minimum atomic E-state index is -1.33. The number of hydrogen-bond donors (Lipinski definition) is 1. The van der Waals surface area contributed by atoms with Crippen LogP contribution in [0.3, 0.4) is 0 Å². The Labute approximate surface area is 99.6 Å². The van der Waals surface area contributed by atoms with Gasteiger partial charge in [-0.15, -0.1) is 0 Å². The smallest absolute Gasteiger partial charge is 0.152 e. The number of hydrogen-bond acceptors (Lipinski definition) is 4. The van der Waals surface area contributed by atoms with Gasteiger partial charge in [0.25, 0.3) is 0 Å². The lowest BCUT2D eigenvalue weighted by Gasteiger charge is -2.11. The molecule has 0 saturated heterocycles. The normalized spacial score (nSPS) is 10.1. The van der Waals surface area contributed by atoms with E-state index in [1.165, 1.54) is 6.07 Å². The van der Waals surface area contributed by atoms with Crippen LogP contribution in [0.1, 0.15) is 5.56 Å². The maximum Gasteiger partial charge on any atom is 0.152 e. The fraction of sp³-hybridized carbons (Fsp3) is 0.222. The van der Waals surface area contributed by atoms with Crippen molar-refractivity contribution in [1.82, 2.24) is 0 Å². The molecule has 0 fully saturated rings. The van der Waals surface area contributed by atoms with E-state index in [1.807, 2.05) is 0 Å². The highest BCUT2D eigenvalue weighted by Gasteiger charge is 2.08. The number of halogens is 2. The molecule has 1 aromatic rings. The fourth-order valence-corrected chi connectivity index (χ4v) is 2.01. The van der Waals surface area contributed by atoms with Crippen LogP contribution in [-0.4, -0.2) is 17.7 Å². The van der Waals surface area contributed by atoms with Gasteiger partial charge >= 0.3 is 0 Å². The maximum atomic E-state index is 10.2. The molecule has 1 rings (SSSR count). The van der Waals surface area contributed by atoms with E-state index >= 15 is 0 Å². The number of carbonyl (C=O) groups excluding carboxylic acids is 1. The summed E-state index contributed by atoms with van der Waals surface area (Å²) in [5, 5.41) is 19.3. The van der Waals surface area contributed by atoms with E-state index in [0.717, 1.165) is 0 Å². The standard InChI is InChI=1S/C9H8BrClO4/c10-6-1-5(3-12)2-7(11)9(6)15-4-8(13)14/h1-2,12H,3-4H2,(H,13,14)/p-1. The van der Waals surface area contributed by atoms with Gasteiger partial charge in [0.15, 0.2) is 5.75 Å². The van der Waals surface area contributed by atoms with Crippen molar-refractivity contribution in [2.24, 2.45) is 0 Å². The lowest BCUT2D eigenvalue weighted by molar-refractivity contribution is -0.307. The summed E-state index contributed by atoms with van der Waals surface area (Å²) in [4.78, 5) is 10.2. The number of aliphatic hydroxyl groups is 1. The first-order chi connectivity index (χ1) is 7.04. The highest BCUT2D eigenvalue weighted by Crippen LogP contribution is 2.34. The van der Waals surface area contributed by atoms with E-state index in [4.69, 9.17) is 21.4 Å². The average Bonchev–Trinajstić information content (AvgIpc) is 2.15. The van der Waals surface area contributed by atoms with Crippen LogP contribution in [0.25, 0.3) is 0 Å².